The molecule has 25 heavy (non-hydrogen) atoms. The van der Waals surface area contributed by atoms with E-state index in [1.165, 1.54) is 23.9 Å². The zero-order chi connectivity index (χ0) is 17.6. The van der Waals surface area contributed by atoms with Gasteiger partial charge in [0.1, 0.15) is 19.0 Å². The number of alkyl halides is 2. The van der Waals surface area contributed by atoms with Gasteiger partial charge in [-0.05, 0) is 30.3 Å². The highest BCUT2D eigenvalue weighted by molar-refractivity contribution is 8.00. The van der Waals surface area contributed by atoms with Gasteiger partial charge >= 0.3 is 6.61 Å². The predicted octanol–water partition coefficient (Wildman–Crippen LogP) is 3.79. The number of benzene rings is 2. The Kier molecular flexibility index (Phi) is 5.60. The summed E-state index contributed by atoms with van der Waals surface area (Å²) in [5.74, 6) is 1.04. The lowest BCUT2D eigenvalue weighted by Crippen LogP contribution is -2.16. The second-order valence-corrected chi connectivity index (χ2v) is 6.07. The van der Waals surface area contributed by atoms with Gasteiger partial charge in [0.25, 0.3) is 0 Å². The molecule has 2 aromatic rings. The summed E-state index contributed by atoms with van der Waals surface area (Å²) in [5, 5.41) is 2.57. The van der Waals surface area contributed by atoms with Crippen molar-refractivity contribution in [1.82, 2.24) is 0 Å². The molecule has 1 N–H and O–H groups in total. The van der Waals surface area contributed by atoms with Crippen LogP contribution in [-0.4, -0.2) is 31.5 Å². The van der Waals surface area contributed by atoms with Crippen LogP contribution in [0, 0.1) is 0 Å². The summed E-state index contributed by atoms with van der Waals surface area (Å²) in [6.45, 7) is -1.95. The minimum atomic E-state index is -2.95. The number of nitrogens with one attached hydrogen (secondary N) is 1. The Morgan fingerprint density at radius 2 is 1.92 bits per heavy atom. The van der Waals surface area contributed by atoms with Crippen molar-refractivity contribution in [3.63, 3.8) is 0 Å². The second-order valence-electron chi connectivity index (χ2n) is 5.02. The van der Waals surface area contributed by atoms with E-state index in [-0.39, 0.29) is 23.1 Å². The van der Waals surface area contributed by atoms with Crippen molar-refractivity contribution in [2.75, 3.05) is 24.3 Å². The van der Waals surface area contributed by atoms with Crippen molar-refractivity contribution in [2.24, 2.45) is 0 Å². The van der Waals surface area contributed by atoms with E-state index in [1.807, 2.05) is 6.07 Å². The van der Waals surface area contributed by atoms with E-state index in [4.69, 9.17) is 9.47 Å². The largest absolute Gasteiger partial charge is 0.486 e. The van der Waals surface area contributed by atoms with Gasteiger partial charge in [-0.3, -0.25) is 4.79 Å². The minimum Gasteiger partial charge on any atom is -0.486 e. The average molecular weight is 367 g/mol. The Bertz CT molecular complexity index is 757. The number of hydrogen-bond acceptors (Lipinski definition) is 5. The van der Waals surface area contributed by atoms with Gasteiger partial charge in [-0.15, -0.1) is 11.8 Å². The van der Waals surface area contributed by atoms with Crippen LogP contribution in [-0.2, 0) is 4.79 Å². The van der Waals surface area contributed by atoms with Crippen LogP contribution < -0.4 is 19.5 Å². The van der Waals surface area contributed by atoms with Gasteiger partial charge in [0, 0.05) is 4.90 Å². The molecule has 0 spiro atoms. The molecule has 0 radical (unpaired) electrons. The van der Waals surface area contributed by atoms with Gasteiger partial charge < -0.3 is 19.5 Å². The molecule has 132 valence electrons. The highest BCUT2D eigenvalue weighted by atomic mass is 32.2. The van der Waals surface area contributed by atoms with E-state index in [0.29, 0.717) is 24.7 Å². The maximum Gasteiger partial charge on any atom is 0.387 e. The third-order valence-corrected chi connectivity index (χ3v) is 4.25. The van der Waals surface area contributed by atoms with E-state index < -0.39 is 6.61 Å². The van der Waals surface area contributed by atoms with Crippen molar-refractivity contribution < 1.29 is 27.8 Å². The van der Waals surface area contributed by atoms with Crippen molar-refractivity contribution >= 4 is 23.4 Å². The maximum absolute atomic E-state index is 12.4. The number of anilines is 1. The van der Waals surface area contributed by atoms with Gasteiger partial charge in [0.05, 0.1) is 11.4 Å². The first-order chi connectivity index (χ1) is 12.1. The summed E-state index contributed by atoms with van der Waals surface area (Å²) < 4.78 is 40.1. The summed E-state index contributed by atoms with van der Waals surface area (Å²) in [4.78, 5) is 12.9. The van der Waals surface area contributed by atoms with Gasteiger partial charge in [-0.1, -0.05) is 12.1 Å². The molecule has 1 amide bonds. The Morgan fingerprint density at radius 3 is 2.72 bits per heavy atom. The monoisotopic (exact) mass is 367 g/mol. The fourth-order valence-corrected chi connectivity index (χ4v) is 2.94. The van der Waals surface area contributed by atoms with Crippen LogP contribution in [0.3, 0.4) is 0 Å². The van der Waals surface area contributed by atoms with Crippen LogP contribution in [0.2, 0.25) is 0 Å². The summed E-state index contributed by atoms with van der Waals surface area (Å²) >= 11 is 1.30. The topological polar surface area (TPSA) is 56.8 Å². The zero-order valence-electron chi connectivity index (χ0n) is 13.0. The molecule has 1 heterocycles. The van der Waals surface area contributed by atoms with Crippen molar-refractivity contribution in [2.45, 2.75) is 11.5 Å². The first-order valence-corrected chi connectivity index (χ1v) is 8.46. The fraction of sp³-hybridized carbons (Fsp3) is 0.235. The molecule has 1 aliphatic heterocycles. The van der Waals surface area contributed by atoms with Crippen molar-refractivity contribution in [1.29, 1.82) is 0 Å². The number of halogens is 2. The Morgan fingerprint density at radius 1 is 1.16 bits per heavy atom. The SMILES string of the molecule is O=C(CSc1ccc2c(c1)OCCO2)Nc1ccccc1OC(F)F. The summed E-state index contributed by atoms with van der Waals surface area (Å²) in [7, 11) is 0. The Balaban J connectivity index is 1.58. The first-order valence-electron chi connectivity index (χ1n) is 7.48. The Hall–Kier alpha value is -2.48. The van der Waals surface area contributed by atoms with Crippen molar-refractivity contribution in [3.8, 4) is 17.2 Å². The third-order valence-electron chi connectivity index (χ3n) is 3.26. The van der Waals surface area contributed by atoms with Gasteiger partial charge in [0.2, 0.25) is 5.91 Å². The van der Waals surface area contributed by atoms with Crippen LogP contribution >= 0.6 is 11.8 Å². The molecule has 0 saturated heterocycles. The van der Waals surface area contributed by atoms with Gasteiger partial charge in [-0.2, -0.15) is 8.78 Å². The summed E-state index contributed by atoms with van der Waals surface area (Å²) in [5.41, 5.74) is 0.204. The maximum atomic E-state index is 12.4. The number of hydrogen-bond donors (Lipinski definition) is 1. The highest BCUT2D eigenvalue weighted by Gasteiger charge is 2.14. The Labute approximate surface area is 147 Å². The minimum absolute atomic E-state index is 0.0739. The molecule has 0 unspecified atom stereocenters. The molecule has 8 heteroatoms. The predicted molar refractivity (Wildman–Crippen MR) is 89.9 cm³/mol. The van der Waals surface area contributed by atoms with Crippen LogP contribution in [0.1, 0.15) is 0 Å². The lowest BCUT2D eigenvalue weighted by molar-refractivity contribution is -0.113. The van der Waals surface area contributed by atoms with E-state index in [1.54, 1.807) is 24.3 Å². The van der Waals surface area contributed by atoms with Gasteiger partial charge in [-0.25, -0.2) is 0 Å². The van der Waals surface area contributed by atoms with Crippen LogP contribution in [0.25, 0.3) is 0 Å². The number of amides is 1. The standard InChI is InChI=1S/C17H15F2NO4S/c18-17(19)24-13-4-2-1-3-12(13)20-16(21)10-25-11-5-6-14-15(9-11)23-8-7-22-14/h1-6,9,17H,7-8,10H2,(H,20,21). The number of carbonyl (C=O) groups is 1. The van der Waals surface area contributed by atoms with Gasteiger partial charge in [0.15, 0.2) is 11.5 Å². The second kappa shape index (κ2) is 8.06. The number of fused-ring (bicyclic) bond motifs is 1. The molecule has 0 aromatic heterocycles. The number of para-hydroxylation sites is 2. The molecule has 2 aromatic carbocycles. The highest BCUT2D eigenvalue weighted by Crippen LogP contribution is 2.34. The molecular formula is C17H15F2NO4S. The summed E-state index contributed by atoms with van der Waals surface area (Å²) in [6.07, 6.45) is 0. The molecular weight excluding hydrogens is 352 g/mol. The van der Waals surface area contributed by atoms with E-state index >= 15 is 0 Å². The molecule has 0 saturated carbocycles. The molecule has 0 bridgehead atoms. The number of carbonyl (C=O) groups excluding carboxylic acids is 1. The third kappa shape index (κ3) is 4.76. The molecule has 0 aliphatic carbocycles. The molecule has 3 rings (SSSR count). The number of thioether (sulfide) groups is 1. The zero-order valence-corrected chi connectivity index (χ0v) is 13.9. The van der Waals surface area contributed by atoms with E-state index in [0.717, 1.165) is 4.90 Å². The molecule has 0 atom stereocenters. The molecule has 1 aliphatic rings. The fourth-order valence-electron chi connectivity index (χ4n) is 2.22. The summed E-state index contributed by atoms with van der Waals surface area (Å²) in [6, 6.07) is 11.5. The van der Waals surface area contributed by atoms with E-state index in [2.05, 4.69) is 10.1 Å². The molecule has 5 nitrogen and oxygen atoms in total. The van der Waals surface area contributed by atoms with Crippen LogP contribution in [0.15, 0.2) is 47.4 Å². The quantitative estimate of drug-likeness (QED) is 0.788. The van der Waals surface area contributed by atoms with Crippen molar-refractivity contribution in [3.05, 3.63) is 42.5 Å². The lowest BCUT2D eigenvalue weighted by atomic mass is 10.3. The van der Waals surface area contributed by atoms with Crippen LogP contribution in [0.4, 0.5) is 14.5 Å². The molecule has 0 fully saturated rings. The number of rotatable bonds is 6. The lowest BCUT2D eigenvalue weighted by Gasteiger charge is -2.18. The first kappa shape index (κ1) is 17.3. The smallest absolute Gasteiger partial charge is 0.387 e. The van der Waals surface area contributed by atoms with E-state index in [9.17, 15) is 13.6 Å². The number of ether oxygens (including phenoxy) is 3. The normalized spacial score (nSPS) is 12.8. The average Bonchev–Trinajstić information content (AvgIpc) is 2.61. The van der Waals surface area contributed by atoms with Crippen LogP contribution in [0.5, 0.6) is 17.2 Å².